The second-order valence-corrected chi connectivity index (χ2v) is 3.69. The zero-order chi connectivity index (χ0) is 13.1. The van der Waals surface area contributed by atoms with Crippen LogP contribution in [0.25, 0.3) is 11.1 Å². The summed E-state index contributed by atoms with van der Waals surface area (Å²) in [7, 11) is 1.55. The van der Waals surface area contributed by atoms with E-state index in [2.05, 4.69) is 4.98 Å². The lowest BCUT2D eigenvalue weighted by Gasteiger charge is -2.08. The predicted octanol–water partition coefficient (Wildman–Crippen LogP) is 2.04. The van der Waals surface area contributed by atoms with Crippen molar-refractivity contribution in [2.45, 2.75) is 0 Å². The average Bonchev–Trinajstić information content (AvgIpc) is 2.38. The zero-order valence-corrected chi connectivity index (χ0v) is 9.75. The van der Waals surface area contributed by atoms with Crippen LogP contribution in [0.3, 0.4) is 0 Å². The van der Waals surface area contributed by atoms with Gasteiger partial charge in [-0.25, -0.2) is 9.78 Å². The minimum atomic E-state index is -1.04. The number of pyridine rings is 1. The molecule has 0 atom stereocenters. The maximum atomic E-state index is 11.2. The van der Waals surface area contributed by atoms with Crippen LogP contribution in [0.2, 0.25) is 0 Å². The molecule has 1 aromatic carbocycles. The van der Waals surface area contributed by atoms with Gasteiger partial charge in [0.1, 0.15) is 11.6 Å². The van der Waals surface area contributed by atoms with Crippen molar-refractivity contribution in [1.82, 2.24) is 4.98 Å². The fourth-order valence-corrected chi connectivity index (χ4v) is 1.67. The van der Waals surface area contributed by atoms with Gasteiger partial charge in [0, 0.05) is 11.8 Å². The summed E-state index contributed by atoms with van der Waals surface area (Å²) in [5, 5.41) is 9.16. The number of hydrogen-bond donors (Lipinski definition) is 2. The summed E-state index contributed by atoms with van der Waals surface area (Å²) in [4.78, 5) is 15.1. The summed E-state index contributed by atoms with van der Waals surface area (Å²) in [6.45, 7) is 0. The number of hydrogen-bond acceptors (Lipinski definition) is 4. The number of nitrogens with zero attached hydrogens (tertiary/aromatic N) is 1. The molecule has 0 aliphatic heterocycles. The van der Waals surface area contributed by atoms with E-state index < -0.39 is 5.97 Å². The van der Waals surface area contributed by atoms with Crippen LogP contribution < -0.4 is 10.5 Å². The highest BCUT2D eigenvalue weighted by atomic mass is 16.5. The van der Waals surface area contributed by atoms with Crippen molar-refractivity contribution in [3.8, 4) is 16.9 Å². The Balaban J connectivity index is 2.59. The number of methoxy groups -OCH3 is 1. The van der Waals surface area contributed by atoms with Crippen molar-refractivity contribution in [1.29, 1.82) is 0 Å². The Labute approximate surface area is 104 Å². The van der Waals surface area contributed by atoms with Gasteiger partial charge in [0.15, 0.2) is 0 Å². The van der Waals surface area contributed by atoms with E-state index in [1.54, 1.807) is 31.4 Å². The highest BCUT2D eigenvalue weighted by molar-refractivity contribution is 5.96. The highest BCUT2D eigenvalue weighted by Gasteiger charge is 2.13. The molecule has 5 heteroatoms. The van der Waals surface area contributed by atoms with Gasteiger partial charge in [-0.2, -0.15) is 0 Å². The molecule has 0 unspecified atom stereocenters. The average molecular weight is 244 g/mol. The molecule has 0 fully saturated rings. The smallest absolute Gasteiger partial charge is 0.336 e. The van der Waals surface area contributed by atoms with E-state index in [-0.39, 0.29) is 11.4 Å². The third-order valence-corrected chi connectivity index (χ3v) is 2.54. The van der Waals surface area contributed by atoms with Crippen LogP contribution in [-0.2, 0) is 0 Å². The summed E-state index contributed by atoms with van der Waals surface area (Å²) in [5.41, 5.74) is 6.85. The van der Waals surface area contributed by atoms with Crippen molar-refractivity contribution < 1.29 is 14.6 Å². The Morgan fingerprint density at radius 2 is 2.17 bits per heavy atom. The topological polar surface area (TPSA) is 85.4 Å². The van der Waals surface area contributed by atoms with Crippen molar-refractivity contribution in [2.24, 2.45) is 0 Å². The Morgan fingerprint density at radius 3 is 2.83 bits per heavy atom. The van der Waals surface area contributed by atoms with Gasteiger partial charge in [-0.3, -0.25) is 0 Å². The lowest BCUT2D eigenvalue weighted by atomic mass is 10.0. The van der Waals surface area contributed by atoms with Gasteiger partial charge in [-0.15, -0.1) is 0 Å². The maximum Gasteiger partial charge on any atom is 0.336 e. The lowest BCUT2D eigenvalue weighted by molar-refractivity contribution is 0.0697. The minimum Gasteiger partial charge on any atom is -0.497 e. The van der Waals surface area contributed by atoms with Crippen LogP contribution in [0.4, 0.5) is 5.82 Å². The van der Waals surface area contributed by atoms with Crippen LogP contribution in [0.15, 0.2) is 36.5 Å². The Hall–Kier alpha value is -2.56. The largest absolute Gasteiger partial charge is 0.497 e. The first-order valence-corrected chi connectivity index (χ1v) is 5.25. The monoisotopic (exact) mass is 244 g/mol. The first-order chi connectivity index (χ1) is 8.61. The van der Waals surface area contributed by atoms with E-state index in [4.69, 9.17) is 15.6 Å². The molecule has 0 spiro atoms. The van der Waals surface area contributed by atoms with Crippen LogP contribution >= 0.6 is 0 Å². The molecule has 3 N–H and O–H groups in total. The van der Waals surface area contributed by atoms with Gasteiger partial charge in [-0.05, 0) is 23.8 Å². The third kappa shape index (κ3) is 2.24. The van der Waals surface area contributed by atoms with Gasteiger partial charge in [0.25, 0.3) is 0 Å². The van der Waals surface area contributed by atoms with E-state index in [1.165, 1.54) is 12.3 Å². The number of aromatic carboxylic acids is 1. The van der Waals surface area contributed by atoms with E-state index in [9.17, 15) is 4.79 Å². The number of nitrogen functional groups attached to an aromatic ring is 1. The van der Waals surface area contributed by atoms with Crippen LogP contribution in [-0.4, -0.2) is 23.2 Å². The molecule has 0 saturated carbocycles. The third-order valence-electron chi connectivity index (χ3n) is 2.54. The molecular weight excluding hydrogens is 232 g/mol. The first kappa shape index (κ1) is 11.9. The molecule has 0 aliphatic carbocycles. The number of carbonyl (C=O) groups is 1. The second kappa shape index (κ2) is 4.75. The molecule has 0 aliphatic rings. The molecule has 0 saturated heterocycles. The number of anilines is 1. The summed E-state index contributed by atoms with van der Waals surface area (Å²) in [6.07, 6.45) is 1.45. The van der Waals surface area contributed by atoms with E-state index in [0.29, 0.717) is 11.3 Å². The summed E-state index contributed by atoms with van der Waals surface area (Å²) >= 11 is 0. The van der Waals surface area contributed by atoms with Crippen molar-refractivity contribution >= 4 is 11.8 Å². The van der Waals surface area contributed by atoms with Gasteiger partial charge < -0.3 is 15.6 Å². The van der Waals surface area contributed by atoms with Crippen molar-refractivity contribution in [3.63, 3.8) is 0 Å². The molecular formula is C13H12N2O3. The number of benzene rings is 1. The van der Waals surface area contributed by atoms with Gasteiger partial charge in [0.05, 0.1) is 12.7 Å². The quantitative estimate of drug-likeness (QED) is 0.862. The summed E-state index contributed by atoms with van der Waals surface area (Å²) in [6, 6.07) is 8.46. The summed E-state index contributed by atoms with van der Waals surface area (Å²) in [5.74, 6) is -0.207. The number of carboxylic acids is 1. The number of aromatic nitrogens is 1. The van der Waals surface area contributed by atoms with Crippen molar-refractivity contribution in [3.05, 3.63) is 42.1 Å². The second-order valence-electron chi connectivity index (χ2n) is 3.69. The number of ether oxygens (including phenoxy) is 1. The molecule has 2 aromatic rings. The van der Waals surface area contributed by atoms with Crippen LogP contribution in [0, 0.1) is 0 Å². The Bertz CT molecular complexity index is 597. The summed E-state index contributed by atoms with van der Waals surface area (Å²) < 4.78 is 5.11. The van der Waals surface area contributed by atoms with Gasteiger partial charge in [0.2, 0.25) is 0 Å². The number of nitrogens with two attached hydrogens (primary N) is 1. The molecule has 1 heterocycles. The Morgan fingerprint density at radius 1 is 1.39 bits per heavy atom. The van der Waals surface area contributed by atoms with Gasteiger partial charge in [-0.1, -0.05) is 12.1 Å². The number of rotatable bonds is 3. The number of carboxylic acid groups (broad SMARTS) is 1. The molecule has 5 nitrogen and oxygen atoms in total. The standard InChI is InChI=1S/C13H12N2O3/c1-18-9-4-2-3-8(5-9)11-7-15-12(14)6-10(11)13(16)17/h2-7H,1H3,(H2,14,15)(H,16,17). The lowest BCUT2D eigenvalue weighted by Crippen LogP contribution is -2.03. The normalized spacial score (nSPS) is 10.1. The molecule has 0 radical (unpaired) electrons. The van der Waals surface area contributed by atoms with Gasteiger partial charge >= 0.3 is 5.97 Å². The fourth-order valence-electron chi connectivity index (χ4n) is 1.67. The zero-order valence-electron chi connectivity index (χ0n) is 9.75. The van der Waals surface area contributed by atoms with E-state index in [1.807, 2.05) is 0 Å². The molecule has 18 heavy (non-hydrogen) atoms. The predicted molar refractivity (Wildman–Crippen MR) is 67.6 cm³/mol. The molecule has 92 valence electrons. The van der Waals surface area contributed by atoms with E-state index >= 15 is 0 Å². The molecule has 1 aromatic heterocycles. The van der Waals surface area contributed by atoms with E-state index in [0.717, 1.165) is 5.56 Å². The first-order valence-electron chi connectivity index (χ1n) is 5.25. The van der Waals surface area contributed by atoms with Crippen molar-refractivity contribution in [2.75, 3.05) is 12.8 Å². The fraction of sp³-hybridized carbons (Fsp3) is 0.0769. The SMILES string of the molecule is COc1cccc(-c2cnc(N)cc2C(=O)O)c1. The Kier molecular flexibility index (Phi) is 3.14. The highest BCUT2D eigenvalue weighted by Crippen LogP contribution is 2.27. The molecule has 2 rings (SSSR count). The molecule has 0 amide bonds. The molecule has 0 bridgehead atoms. The van der Waals surface area contributed by atoms with Crippen LogP contribution in [0.5, 0.6) is 5.75 Å². The minimum absolute atomic E-state index is 0.121. The maximum absolute atomic E-state index is 11.2. The van der Waals surface area contributed by atoms with Crippen LogP contribution in [0.1, 0.15) is 10.4 Å².